The Balaban J connectivity index is 0.000000253. The quantitative estimate of drug-likeness (QED) is 0.748. The molecule has 1 saturated carbocycles. The molecule has 0 unspecified atom stereocenters. The Hall–Kier alpha value is -2.33. The maximum absolute atomic E-state index is 12.0. The number of methoxy groups -OCH3 is 1. The van der Waals surface area contributed by atoms with Gasteiger partial charge >= 0.3 is 6.09 Å². The van der Waals surface area contributed by atoms with Crippen LogP contribution in [0, 0.1) is 11.3 Å². The fraction of sp³-hybridized carbons (Fsp3) is 0.682. The molecule has 2 fully saturated rings. The van der Waals surface area contributed by atoms with Crippen molar-refractivity contribution in [3.05, 3.63) is 24.0 Å². The number of carbonyl (C=O) groups excluding carboxylic acids is 1. The van der Waals surface area contributed by atoms with Gasteiger partial charge in [-0.05, 0) is 39.7 Å². The SMILES string of the molecule is CC(C)(C)OC(=O)N1CCN(C2CCCCC2)CC1.COc1ccncc1C#N. The van der Waals surface area contributed by atoms with Crippen LogP contribution in [0.5, 0.6) is 5.75 Å². The van der Waals surface area contributed by atoms with Gasteiger partial charge in [-0.15, -0.1) is 0 Å². The maximum atomic E-state index is 12.0. The normalized spacial score (nSPS) is 18.2. The van der Waals surface area contributed by atoms with E-state index in [1.54, 1.807) is 12.3 Å². The predicted molar refractivity (Wildman–Crippen MR) is 112 cm³/mol. The molecule has 0 bridgehead atoms. The lowest BCUT2D eigenvalue weighted by Crippen LogP contribution is -2.53. The average molecular weight is 403 g/mol. The molecular formula is C22H34N4O3. The summed E-state index contributed by atoms with van der Waals surface area (Å²) in [6, 6.07) is 4.37. The van der Waals surface area contributed by atoms with Gasteiger partial charge in [-0.1, -0.05) is 19.3 Å². The van der Waals surface area contributed by atoms with Gasteiger partial charge in [-0.3, -0.25) is 9.88 Å². The molecule has 1 aliphatic heterocycles. The zero-order chi connectivity index (χ0) is 21.3. The van der Waals surface area contributed by atoms with E-state index in [0.717, 1.165) is 32.2 Å². The Morgan fingerprint density at radius 2 is 1.83 bits per heavy atom. The van der Waals surface area contributed by atoms with E-state index in [1.165, 1.54) is 45.4 Å². The number of hydrogen-bond acceptors (Lipinski definition) is 6. The molecule has 29 heavy (non-hydrogen) atoms. The molecule has 0 spiro atoms. The second-order valence-electron chi connectivity index (χ2n) is 8.48. The van der Waals surface area contributed by atoms with Crippen molar-refractivity contribution in [3.63, 3.8) is 0 Å². The molecule has 0 radical (unpaired) electrons. The van der Waals surface area contributed by atoms with Crippen LogP contribution in [-0.4, -0.2) is 65.8 Å². The van der Waals surface area contributed by atoms with Gasteiger partial charge in [-0.2, -0.15) is 5.26 Å². The molecule has 1 amide bonds. The average Bonchev–Trinajstić information content (AvgIpc) is 2.73. The van der Waals surface area contributed by atoms with Crippen molar-refractivity contribution in [2.24, 2.45) is 0 Å². The number of nitriles is 1. The summed E-state index contributed by atoms with van der Waals surface area (Å²) in [7, 11) is 1.52. The first kappa shape index (κ1) is 23.0. The highest BCUT2D eigenvalue weighted by atomic mass is 16.6. The Kier molecular flexibility index (Phi) is 8.71. The molecule has 0 N–H and O–H groups in total. The fourth-order valence-electron chi connectivity index (χ4n) is 3.69. The molecule has 3 rings (SSSR count). The third-order valence-electron chi connectivity index (χ3n) is 5.18. The van der Waals surface area contributed by atoms with Gasteiger partial charge < -0.3 is 14.4 Å². The van der Waals surface area contributed by atoms with Gasteiger partial charge in [-0.25, -0.2) is 4.79 Å². The van der Waals surface area contributed by atoms with Gasteiger partial charge in [0, 0.05) is 44.6 Å². The molecule has 1 saturated heterocycles. The number of pyridine rings is 1. The second-order valence-corrected chi connectivity index (χ2v) is 8.48. The number of aromatic nitrogens is 1. The maximum Gasteiger partial charge on any atom is 0.410 e. The van der Waals surface area contributed by atoms with Crippen LogP contribution in [0.25, 0.3) is 0 Å². The highest BCUT2D eigenvalue weighted by molar-refractivity contribution is 5.68. The van der Waals surface area contributed by atoms with E-state index >= 15 is 0 Å². The third-order valence-corrected chi connectivity index (χ3v) is 5.18. The highest BCUT2D eigenvalue weighted by Gasteiger charge is 2.29. The number of amides is 1. The summed E-state index contributed by atoms with van der Waals surface area (Å²) < 4.78 is 10.3. The molecular weight excluding hydrogens is 368 g/mol. The summed E-state index contributed by atoms with van der Waals surface area (Å²) in [6.07, 6.45) is 9.72. The molecule has 7 nitrogen and oxygen atoms in total. The molecule has 7 heteroatoms. The molecule has 0 aromatic carbocycles. The van der Waals surface area contributed by atoms with Crippen molar-refractivity contribution < 1.29 is 14.3 Å². The van der Waals surface area contributed by atoms with E-state index in [-0.39, 0.29) is 6.09 Å². The van der Waals surface area contributed by atoms with Crippen LogP contribution in [0.1, 0.15) is 58.4 Å². The van der Waals surface area contributed by atoms with Crippen molar-refractivity contribution in [2.75, 3.05) is 33.3 Å². The molecule has 2 aliphatic rings. The lowest BCUT2D eigenvalue weighted by Gasteiger charge is -2.40. The first-order chi connectivity index (χ1) is 13.8. The first-order valence-electron chi connectivity index (χ1n) is 10.4. The Bertz CT molecular complexity index is 682. The van der Waals surface area contributed by atoms with Gasteiger partial charge in [0.25, 0.3) is 0 Å². The van der Waals surface area contributed by atoms with Crippen LogP contribution in [0.2, 0.25) is 0 Å². The summed E-state index contributed by atoms with van der Waals surface area (Å²) >= 11 is 0. The number of nitrogens with zero attached hydrogens (tertiary/aromatic N) is 4. The zero-order valence-electron chi connectivity index (χ0n) is 18.2. The molecule has 1 aromatic heterocycles. The largest absolute Gasteiger partial charge is 0.495 e. The van der Waals surface area contributed by atoms with E-state index in [9.17, 15) is 4.79 Å². The van der Waals surface area contributed by atoms with E-state index in [0.29, 0.717) is 11.3 Å². The third kappa shape index (κ3) is 7.54. The van der Waals surface area contributed by atoms with Crippen molar-refractivity contribution in [2.45, 2.75) is 64.5 Å². The number of piperazine rings is 1. The topological polar surface area (TPSA) is 78.7 Å². The van der Waals surface area contributed by atoms with Crippen LogP contribution in [-0.2, 0) is 4.74 Å². The van der Waals surface area contributed by atoms with Crippen molar-refractivity contribution in [1.82, 2.24) is 14.8 Å². The van der Waals surface area contributed by atoms with E-state index in [1.807, 2.05) is 31.7 Å². The van der Waals surface area contributed by atoms with Crippen molar-refractivity contribution >= 4 is 6.09 Å². The summed E-state index contributed by atoms with van der Waals surface area (Å²) in [4.78, 5) is 20.2. The van der Waals surface area contributed by atoms with E-state index in [2.05, 4.69) is 9.88 Å². The summed E-state index contributed by atoms with van der Waals surface area (Å²) in [5.74, 6) is 0.567. The lowest BCUT2D eigenvalue weighted by atomic mass is 9.94. The van der Waals surface area contributed by atoms with E-state index < -0.39 is 5.60 Å². The smallest absolute Gasteiger partial charge is 0.410 e. The molecule has 160 valence electrons. The Morgan fingerprint density at radius 3 is 2.34 bits per heavy atom. The Labute approximate surface area is 174 Å². The van der Waals surface area contributed by atoms with Crippen LogP contribution in [0.15, 0.2) is 18.5 Å². The standard InChI is InChI=1S/C15H28N2O2.C7H6N2O/c1-15(2,3)19-14(18)17-11-9-16(10-12-17)13-7-5-4-6-8-13;1-10-7-2-3-9-5-6(7)4-8/h13H,4-12H2,1-3H3;2-3,5H,1H3. The van der Waals surface area contributed by atoms with Crippen LogP contribution in [0.4, 0.5) is 4.79 Å². The minimum absolute atomic E-state index is 0.157. The summed E-state index contributed by atoms with van der Waals surface area (Å²) in [5.41, 5.74) is 0.0717. The predicted octanol–water partition coefficient (Wildman–Crippen LogP) is 3.83. The van der Waals surface area contributed by atoms with Gasteiger partial charge in [0.05, 0.1) is 7.11 Å². The second kappa shape index (κ2) is 11.0. The summed E-state index contributed by atoms with van der Waals surface area (Å²) in [5, 5.41) is 8.48. The van der Waals surface area contributed by atoms with Crippen LogP contribution < -0.4 is 4.74 Å². The van der Waals surface area contributed by atoms with Gasteiger partial charge in [0.2, 0.25) is 0 Å². The van der Waals surface area contributed by atoms with E-state index in [4.69, 9.17) is 14.7 Å². The molecule has 1 aliphatic carbocycles. The first-order valence-corrected chi connectivity index (χ1v) is 10.4. The number of hydrogen-bond donors (Lipinski definition) is 0. The molecule has 1 aromatic rings. The minimum atomic E-state index is -0.391. The lowest BCUT2D eigenvalue weighted by molar-refractivity contribution is 0.00823. The Morgan fingerprint density at radius 1 is 1.17 bits per heavy atom. The van der Waals surface area contributed by atoms with Gasteiger partial charge in [0.15, 0.2) is 0 Å². The van der Waals surface area contributed by atoms with Gasteiger partial charge in [0.1, 0.15) is 23.0 Å². The number of ether oxygens (including phenoxy) is 2. The van der Waals surface area contributed by atoms with Crippen LogP contribution in [0.3, 0.4) is 0 Å². The number of rotatable bonds is 2. The molecule has 2 heterocycles. The van der Waals surface area contributed by atoms with Crippen molar-refractivity contribution in [1.29, 1.82) is 5.26 Å². The highest BCUT2D eigenvalue weighted by Crippen LogP contribution is 2.23. The zero-order valence-corrected chi connectivity index (χ0v) is 18.2. The number of carbonyl (C=O) groups is 1. The van der Waals surface area contributed by atoms with Crippen molar-refractivity contribution in [3.8, 4) is 11.8 Å². The molecule has 0 atom stereocenters. The monoisotopic (exact) mass is 402 g/mol. The minimum Gasteiger partial charge on any atom is -0.495 e. The fourth-order valence-corrected chi connectivity index (χ4v) is 3.69. The summed E-state index contributed by atoms with van der Waals surface area (Å²) in [6.45, 7) is 9.39. The van der Waals surface area contributed by atoms with Crippen LogP contribution >= 0.6 is 0 Å².